The van der Waals surface area contributed by atoms with Crippen molar-refractivity contribution in [3.05, 3.63) is 24.3 Å². The molecule has 1 aliphatic rings. The highest BCUT2D eigenvalue weighted by atomic mass is 32.2. The standard InChI is InChI=1S/C16H21NO3S/c1-16(2,3)20-15(19)8-10-17-12-6-4-5-7-13(12)21-11-9-14(17)18/h4-7H,8-11H2,1-3H3. The van der Waals surface area contributed by atoms with E-state index >= 15 is 0 Å². The topological polar surface area (TPSA) is 46.6 Å². The zero-order chi connectivity index (χ0) is 15.5. The average molecular weight is 307 g/mol. The number of benzene rings is 1. The van der Waals surface area contributed by atoms with Crippen molar-refractivity contribution in [1.82, 2.24) is 0 Å². The molecule has 0 bridgehead atoms. The largest absolute Gasteiger partial charge is 0.460 e. The minimum atomic E-state index is -0.492. The molecule has 0 unspecified atom stereocenters. The second kappa shape index (κ2) is 6.52. The van der Waals surface area contributed by atoms with Crippen molar-refractivity contribution in [2.24, 2.45) is 0 Å². The van der Waals surface area contributed by atoms with Crippen LogP contribution in [0.4, 0.5) is 5.69 Å². The number of amides is 1. The Balaban J connectivity index is 2.07. The van der Waals surface area contributed by atoms with Gasteiger partial charge in [-0.15, -0.1) is 11.8 Å². The SMILES string of the molecule is CC(C)(C)OC(=O)CCN1C(=O)CCSc2ccccc21. The van der Waals surface area contributed by atoms with E-state index in [1.165, 1.54) is 0 Å². The Labute approximate surface area is 129 Å². The van der Waals surface area contributed by atoms with Crippen molar-refractivity contribution in [2.75, 3.05) is 17.2 Å². The van der Waals surface area contributed by atoms with Crippen LogP contribution in [0.15, 0.2) is 29.2 Å². The Morgan fingerprint density at radius 3 is 2.76 bits per heavy atom. The van der Waals surface area contributed by atoms with Crippen LogP contribution in [0, 0.1) is 0 Å². The van der Waals surface area contributed by atoms with Crippen LogP contribution in [0.3, 0.4) is 0 Å². The number of carbonyl (C=O) groups is 2. The van der Waals surface area contributed by atoms with Gasteiger partial charge in [0, 0.05) is 23.6 Å². The summed E-state index contributed by atoms with van der Waals surface area (Å²) in [7, 11) is 0. The zero-order valence-corrected chi connectivity index (χ0v) is 13.5. The Morgan fingerprint density at radius 2 is 2.05 bits per heavy atom. The van der Waals surface area contributed by atoms with E-state index < -0.39 is 5.60 Å². The number of para-hydroxylation sites is 1. The summed E-state index contributed by atoms with van der Waals surface area (Å²) in [4.78, 5) is 26.9. The van der Waals surface area contributed by atoms with Gasteiger partial charge in [-0.2, -0.15) is 0 Å². The number of esters is 1. The fourth-order valence-corrected chi connectivity index (χ4v) is 3.16. The maximum absolute atomic E-state index is 12.2. The van der Waals surface area contributed by atoms with Gasteiger partial charge in [0.2, 0.25) is 5.91 Å². The van der Waals surface area contributed by atoms with Crippen LogP contribution >= 0.6 is 11.8 Å². The predicted octanol–water partition coefficient (Wildman–Crippen LogP) is 3.25. The molecule has 1 aromatic rings. The Kier molecular flexibility index (Phi) is 4.93. The molecule has 1 aliphatic heterocycles. The van der Waals surface area contributed by atoms with E-state index in [4.69, 9.17) is 4.74 Å². The minimum Gasteiger partial charge on any atom is -0.460 e. The molecule has 114 valence electrons. The monoisotopic (exact) mass is 307 g/mol. The number of fused-ring (bicyclic) bond motifs is 1. The lowest BCUT2D eigenvalue weighted by Crippen LogP contribution is -2.34. The van der Waals surface area contributed by atoms with Crippen molar-refractivity contribution in [2.45, 2.75) is 44.1 Å². The molecule has 0 spiro atoms. The van der Waals surface area contributed by atoms with E-state index in [-0.39, 0.29) is 18.3 Å². The van der Waals surface area contributed by atoms with Gasteiger partial charge in [0.05, 0.1) is 12.1 Å². The molecule has 0 aromatic heterocycles. The molecule has 1 aromatic carbocycles. The molecule has 0 atom stereocenters. The van der Waals surface area contributed by atoms with E-state index in [0.29, 0.717) is 13.0 Å². The molecular formula is C16H21NO3S. The fraction of sp³-hybridized carbons (Fsp3) is 0.500. The first-order chi connectivity index (χ1) is 9.87. The van der Waals surface area contributed by atoms with Crippen molar-refractivity contribution >= 4 is 29.3 Å². The van der Waals surface area contributed by atoms with Crippen molar-refractivity contribution in [3.63, 3.8) is 0 Å². The molecule has 1 heterocycles. The normalized spacial score (nSPS) is 15.4. The highest BCUT2D eigenvalue weighted by Gasteiger charge is 2.24. The van der Waals surface area contributed by atoms with Gasteiger partial charge in [-0.1, -0.05) is 12.1 Å². The molecule has 0 radical (unpaired) electrons. The summed E-state index contributed by atoms with van der Waals surface area (Å²) in [6.07, 6.45) is 0.704. The van der Waals surface area contributed by atoms with Gasteiger partial charge in [0.1, 0.15) is 5.60 Å². The van der Waals surface area contributed by atoms with Gasteiger partial charge >= 0.3 is 5.97 Å². The van der Waals surface area contributed by atoms with Crippen LogP contribution in [0.5, 0.6) is 0 Å². The molecule has 4 nitrogen and oxygen atoms in total. The third kappa shape index (κ3) is 4.49. The Bertz CT molecular complexity index is 537. The number of nitrogens with zero attached hydrogens (tertiary/aromatic N) is 1. The second-order valence-electron chi connectivity index (χ2n) is 5.95. The quantitative estimate of drug-likeness (QED) is 0.804. The Morgan fingerprint density at radius 1 is 1.33 bits per heavy atom. The van der Waals surface area contributed by atoms with Crippen LogP contribution in [-0.2, 0) is 14.3 Å². The number of thioether (sulfide) groups is 1. The maximum atomic E-state index is 12.2. The minimum absolute atomic E-state index is 0.0657. The fourth-order valence-electron chi connectivity index (χ4n) is 2.16. The molecule has 0 fully saturated rings. The number of hydrogen-bond donors (Lipinski definition) is 0. The predicted molar refractivity (Wildman–Crippen MR) is 84.6 cm³/mol. The van der Waals surface area contributed by atoms with Gasteiger partial charge in [-0.3, -0.25) is 9.59 Å². The summed E-state index contributed by atoms with van der Waals surface area (Å²) in [6.45, 7) is 5.89. The molecule has 21 heavy (non-hydrogen) atoms. The average Bonchev–Trinajstić information content (AvgIpc) is 2.53. The van der Waals surface area contributed by atoms with Gasteiger partial charge in [-0.05, 0) is 32.9 Å². The van der Waals surface area contributed by atoms with Crippen LogP contribution in [0.25, 0.3) is 0 Å². The number of hydrogen-bond acceptors (Lipinski definition) is 4. The second-order valence-corrected chi connectivity index (χ2v) is 7.08. The summed E-state index contributed by atoms with van der Waals surface area (Å²) in [6, 6.07) is 7.83. The zero-order valence-electron chi connectivity index (χ0n) is 12.7. The third-order valence-corrected chi connectivity index (χ3v) is 4.05. The molecule has 1 amide bonds. The van der Waals surface area contributed by atoms with Crippen LogP contribution < -0.4 is 4.90 Å². The van der Waals surface area contributed by atoms with Crippen LogP contribution in [0.2, 0.25) is 0 Å². The summed E-state index contributed by atoms with van der Waals surface area (Å²) < 4.78 is 5.30. The lowest BCUT2D eigenvalue weighted by Gasteiger charge is -2.24. The first-order valence-corrected chi connectivity index (χ1v) is 8.09. The van der Waals surface area contributed by atoms with E-state index in [1.54, 1.807) is 16.7 Å². The van der Waals surface area contributed by atoms with E-state index in [9.17, 15) is 9.59 Å². The lowest BCUT2D eigenvalue weighted by atomic mass is 10.2. The first-order valence-electron chi connectivity index (χ1n) is 7.11. The molecule has 5 heteroatoms. The first kappa shape index (κ1) is 15.9. The maximum Gasteiger partial charge on any atom is 0.308 e. The number of anilines is 1. The van der Waals surface area contributed by atoms with Crippen LogP contribution in [0.1, 0.15) is 33.6 Å². The summed E-state index contributed by atoms with van der Waals surface area (Å²) in [5, 5.41) is 0. The number of ether oxygens (including phenoxy) is 1. The van der Waals surface area contributed by atoms with E-state index in [0.717, 1.165) is 16.3 Å². The molecule has 0 saturated carbocycles. The smallest absolute Gasteiger partial charge is 0.308 e. The highest BCUT2D eigenvalue weighted by Crippen LogP contribution is 2.34. The highest BCUT2D eigenvalue weighted by molar-refractivity contribution is 7.99. The number of carbonyl (C=O) groups excluding carboxylic acids is 2. The molecule has 0 aliphatic carbocycles. The third-order valence-electron chi connectivity index (χ3n) is 2.99. The summed E-state index contributed by atoms with van der Waals surface area (Å²) in [5.41, 5.74) is 0.404. The Hall–Kier alpha value is -1.49. The van der Waals surface area contributed by atoms with E-state index in [2.05, 4.69) is 0 Å². The van der Waals surface area contributed by atoms with Gasteiger partial charge in [0.15, 0.2) is 0 Å². The van der Waals surface area contributed by atoms with Gasteiger partial charge in [0.25, 0.3) is 0 Å². The van der Waals surface area contributed by atoms with Crippen LogP contribution in [-0.4, -0.2) is 29.8 Å². The molecular weight excluding hydrogens is 286 g/mol. The summed E-state index contributed by atoms with van der Waals surface area (Å²) >= 11 is 1.68. The molecule has 0 saturated heterocycles. The molecule has 2 rings (SSSR count). The summed E-state index contributed by atoms with van der Waals surface area (Å²) in [5.74, 6) is 0.569. The van der Waals surface area contributed by atoms with Crippen molar-refractivity contribution < 1.29 is 14.3 Å². The molecule has 0 N–H and O–H groups in total. The van der Waals surface area contributed by atoms with Gasteiger partial charge in [-0.25, -0.2) is 0 Å². The lowest BCUT2D eigenvalue weighted by molar-refractivity contribution is -0.154. The van der Waals surface area contributed by atoms with Crippen molar-refractivity contribution in [3.8, 4) is 0 Å². The van der Waals surface area contributed by atoms with Gasteiger partial charge < -0.3 is 9.64 Å². The van der Waals surface area contributed by atoms with E-state index in [1.807, 2.05) is 45.0 Å². The van der Waals surface area contributed by atoms with Crippen molar-refractivity contribution in [1.29, 1.82) is 0 Å². The number of rotatable bonds is 3.